The number of imidazole rings is 1. The standard InChI is InChI=1S/C18H16N6O2/c25-24(26)18-12-21-17-9-8-16(22-23(17)18)20-11-10-19-15-7-3-5-13-4-1-2-6-14(13)15/h1-9,12,19H,10-11H2,(H,20,22). The topological polar surface area (TPSA) is 97.4 Å². The minimum Gasteiger partial charge on any atom is -0.383 e. The van der Waals surface area contributed by atoms with E-state index in [9.17, 15) is 10.1 Å². The second-order valence-corrected chi connectivity index (χ2v) is 5.74. The molecule has 0 fully saturated rings. The largest absolute Gasteiger partial charge is 0.383 e. The highest BCUT2D eigenvalue weighted by Gasteiger charge is 2.15. The summed E-state index contributed by atoms with van der Waals surface area (Å²) in [6, 6.07) is 17.8. The molecule has 130 valence electrons. The lowest BCUT2D eigenvalue weighted by Gasteiger charge is -2.10. The number of nitro groups is 1. The predicted molar refractivity (Wildman–Crippen MR) is 101 cm³/mol. The Balaban J connectivity index is 1.42. The molecule has 2 heterocycles. The van der Waals surface area contributed by atoms with Crippen LogP contribution in [0.5, 0.6) is 0 Å². The summed E-state index contributed by atoms with van der Waals surface area (Å²) in [4.78, 5) is 14.4. The third-order valence-electron chi connectivity index (χ3n) is 4.07. The van der Waals surface area contributed by atoms with Crippen molar-refractivity contribution in [3.8, 4) is 0 Å². The lowest BCUT2D eigenvalue weighted by atomic mass is 10.1. The molecular formula is C18H16N6O2. The average molecular weight is 348 g/mol. The summed E-state index contributed by atoms with van der Waals surface area (Å²) in [5.41, 5.74) is 1.51. The van der Waals surface area contributed by atoms with Gasteiger partial charge in [-0.3, -0.25) is 0 Å². The van der Waals surface area contributed by atoms with Crippen LogP contribution in [-0.4, -0.2) is 32.6 Å². The summed E-state index contributed by atoms with van der Waals surface area (Å²) < 4.78 is 1.22. The summed E-state index contributed by atoms with van der Waals surface area (Å²) >= 11 is 0. The molecule has 4 aromatic rings. The van der Waals surface area contributed by atoms with E-state index in [-0.39, 0.29) is 5.82 Å². The Morgan fingerprint density at radius 1 is 1.00 bits per heavy atom. The molecule has 2 aromatic carbocycles. The van der Waals surface area contributed by atoms with Crippen LogP contribution in [0.25, 0.3) is 16.4 Å². The van der Waals surface area contributed by atoms with Crippen LogP contribution < -0.4 is 10.6 Å². The fourth-order valence-electron chi connectivity index (χ4n) is 2.85. The maximum absolute atomic E-state index is 11.0. The van der Waals surface area contributed by atoms with Gasteiger partial charge in [-0.2, -0.15) is 0 Å². The molecule has 0 aliphatic heterocycles. The molecule has 8 nitrogen and oxygen atoms in total. The number of rotatable bonds is 6. The van der Waals surface area contributed by atoms with Crippen molar-refractivity contribution in [2.24, 2.45) is 0 Å². The van der Waals surface area contributed by atoms with Crippen LogP contribution in [0.15, 0.2) is 60.8 Å². The smallest absolute Gasteiger partial charge is 0.368 e. The summed E-state index contributed by atoms with van der Waals surface area (Å²) in [6.07, 6.45) is 1.20. The first-order chi connectivity index (χ1) is 12.7. The Hall–Kier alpha value is -3.68. The molecule has 26 heavy (non-hydrogen) atoms. The zero-order valence-corrected chi connectivity index (χ0v) is 13.8. The van der Waals surface area contributed by atoms with Crippen LogP contribution in [0.3, 0.4) is 0 Å². The van der Waals surface area contributed by atoms with Gasteiger partial charge in [0.15, 0.2) is 5.82 Å². The number of benzene rings is 2. The molecule has 0 radical (unpaired) electrons. The molecular weight excluding hydrogens is 332 g/mol. The van der Waals surface area contributed by atoms with E-state index in [4.69, 9.17) is 0 Å². The molecule has 0 bridgehead atoms. The van der Waals surface area contributed by atoms with Gasteiger partial charge in [0.05, 0.1) is 0 Å². The summed E-state index contributed by atoms with van der Waals surface area (Å²) in [6.45, 7) is 1.30. The number of anilines is 2. The first-order valence-corrected chi connectivity index (χ1v) is 8.17. The maximum Gasteiger partial charge on any atom is 0.368 e. The number of nitrogens with one attached hydrogen (secondary N) is 2. The number of hydrogen-bond donors (Lipinski definition) is 2. The normalized spacial score (nSPS) is 10.9. The van der Waals surface area contributed by atoms with Gasteiger partial charge >= 0.3 is 5.82 Å². The highest BCUT2D eigenvalue weighted by Crippen LogP contribution is 2.22. The van der Waals surface area contributed by atoms with Crippen LogP contribution in [-0.2, 0) is 0 Å². The maximum atomic E-state index is 11.0. The van der Waals surface area contributed by atoms with E-state index >= 15 is 0 Å². The predicted octanol–water partition coefficient (Wildman–Crippen LogP) is 3.31. The van der Waals surface area contributed by atoms with Crippen molar-refractivity contribution < 1.29 is 4.92 Å². The summed E-state index contributed by atoms with van der Waals surface area (Å²) in [5, 5.41) is 24.1. The van der Waals surface area contributed by atoms with Crippen LogP contribution in [0.4, 0.5) is 17.3 Å². The van der Waals surface area contributed by atoms with E-state index in [0.29, 0.717) is 24.6 Å². The van der Waals surface area contributed by atoms with Gasteiger partial charge in [-0.05, 0) is 22.4 Å². The third-order valence-corrected chi connectivity index (χ3v) is 4.07. The molecule has 0 saturated heterocycles. The van der Waals surface area contributed by atoms with Crippen molar-refractivity contribution in [1.82, 2.24) is 14.6 Å². The number of hydrogen-bond acceptors (Lipinski definition) is 6. The first-order valence-electron chi connectivity index (χ1n) is 8.17. The van der Waals surface area contributed by atoms with E-state index in [0.717, 1.165) is 5.69 Å². The van der Waals surface area contributed by atoms with Crippen molar-refractivity contribution in [1.29, 1.82) is 0 Å². The molecule has 0 aliphatic rings. The molecule has 0 unspecified atom stereocenters. The van der Waals surface area contributed by atoms with Gasteiger partial charge in [-0.15, -0.1) is 0 Å². The second-order valence-electron chi connectivity index (χ2n) is 5.74. The molecule has 0 saturated carbocycles. The lowest BCUT2D eigenvalue weighted by molar-refractivity contribution is -0.391. The van der Waals surface area contributed by atoms with Gasteiger partial charge in [0.25, 0.3) is 0 Å². The van der Waals surface area contributed by atoms with Crippen LogP contribution in [0, 0.1) is 10.1 Å². The fourth-order valence-corrected chi connectivity index (χ4v) is 2.85. The minimum absolute atomic E-state index is 0.155. The molecule has 0 aliphatic carbocycles. The second kappa shape index (κ2) is 6.67. The monoisotopic (exact) mass is 348 g/mol. The van der Waals surface area contributed by atoms with Crippen LogP contribution >= 0.6 is 0 Å². The Morgan fingerprint density at radius 2 is 1.81 bits per heavy atom. The van der Waals surface area contributed by atoms with Crippen molar-refractivity contribution in [3.05, 3.63) is 70.9 Å². The molecule has 4 rings (SSSR count). The minimum atomic E-state index is -0.501. The zero-order chi connectivity index (χ0) is 17.9. The molecule has 2 N–H and O–H groups in total. The van der Waals surface area contributed by atoms with Crippen LogP contribution in [0.2, 0.25) is 0 Å². The number of nitrogens with zero attached hydrogens (tertiary/aromatic N) is 4. The van der Waals surface area contributed by atoms with Gasteiger partial charge in [0, 0.05) is 30.2 Å². The molecule has 0 spiro atoms. The van der Waals surface area contributed by atoms with E-state index in [2.05, 4.69) is 38.9 Å². The van der Waals surface area contributed by atoms with Gasteiger partial charge < -0.3 is 20.7 Å². The quantitative estimate of drug-likeness (QED) is 0.315. The van der Waals surface area contributed by atoms with Crippen molar-refractivity contribution in [2.75, 3.05) is 23.7 Å². The van der Waals surface area contributed by atoms with E-state index in [1.807, 2.05) is 24.3 Å². The van der Waals surface area contributed by atoms with Gasteiger partial charge in [0.2, 0.25) is 5.65 Å². The number of fused-ring (bicyclic) bond motifs is 2. The van der Waals surface area contributed by atoms with Crippen molar-refractivity contribution in [3.63, 3.8) is 0 Å². The SMILES string of the molecule is O=[N+]([O-])c1cnc2ccc(NCCNc3cccc4ccccc34)nn12. The lowest BCUT2D eigenvalue weighted by Crippen LogP contribution is -2.15. The fraction of sp³-hybridized carbons (Fsp3) is 0.111. The van der Waals surface area contributed by atoms with Crippen molar-refractivity contribution in [2.45, 2.75) is 0 Å². The Morgan fingerprint density at radius 3 is 2.69 bits per heavy atom. The number of aromatic nitrogens is 3. The highest BCUT2D eigenvalue weighted by atomic mass is 16.6. The zero-order valence-electron chi connectivity index (χ0n) is 13.8. The van der Waals surface area contributed by atoms with Crippen LogP contribution in [0.1, 0.15) is 0 Å². The molecule has 0 atom stereocenters. The van der Waals surface area contributed by atoms with E-state index in [1.54, 1.807) is 12.1 Å². The van der Waals surface area contributed by atoms with Crippen molar-refractivity contribution >= 4 is 33.7 Å². The van der Waals surface area contributed by atoms with Gasteiger partial charge in [0.1, 0.15) is 6.20 Å². The molecule has 8 heteroatoms. The van der Waals surface area contributed by atoms with E-state index < -0.39 is 4.92 Å². The average Bonchev–Trinajstić information content (AvgIpc) is 3.09. The van der Waals surface area contributed by atoms with E-state index in [1.165, 1.54) is 21.5 Å². The Bertz CT molecular complexity index is 1090. The summed E-state index contributed by atoms with van der Waals surface area (Å²) in [5.74, 6) is 0.399. The molecule has 0 amide bonds. The molecule has 2 aromatic heterocycles. The summed E-state index contributed by atoms with van der Waals surface area (Å²) in [7, 11) is 0. The third kappa shape index (κ3) is 3.00. The van der Waals surface area contributed by atoms with Gasteiger partial charge in [-0.25, -0.2) is 4.98 Å². The van der Waals surface area contributed by atoms with Gasteiger partial charge in [-0.1, -0.05) is 46.0 Å². The first kappa shape index (κ1) is 15.8. The highest BCUT2D eigenvalue weighted by molar-refractivity contribution is 5.93. The Kier molecular flexibility index (Phi) is 4.06. The Labute approximate surface area is 148 Å².